The average Bonchev–Trinajstić information content (AvgIpc) is 2.60. The Morgan fingerprint density at radius 2 is 1.94 bits per heavy atom. The SMILES string of the molecule is CC(=O)Cc1ccc(N2CCC(=O)N2C)cc1. The number of carbonyl (C=O) groups excluding carboxylic acids is 2. The molecule has 4 heteroatoms. The third-order valence-corrected chi connectivity index (χ3v) is 2.95. The Bertz CT molecular complexity index is 439. The van der Waals surface area contributed by atoms with Gasteiger partial charge in [0, 0.05) is 26.4 Å². The third-order valence-electron chi connectivity index (χ3n) is 2.95. The molecule has 1 aliphatic heterocycles. The Hall–Kier alpha value is -1.84. The summed E-state index contributed by atoms with van der Waals surface area (Å²) in [6.45, 7) is 2.31. The van der Waals surface area contributed by atoms with Crippen LogP contribution < -0.4 is 5.01 Å². The lowest BCUT2D eigenvalue weighted by Crippen LogP contribution is -2.35. The summed E-state index contributed by atoms with van der Waals surface area (Å²) in [6.07, 6.45) is 1.03. The summed E-state index contributed by atoms with van der Waals surface area (Å²) in [6, 6.07) is 7.78. The van der Waals surface area contributed by atoms with Crippen molar-refractivity contribution in [2.45, 2.75) is 19.8 Å². The molecule has 17 heavy (non-hydrogen) atoms. The molecule has 0 bridgehead atoms. The number of carbonyl (C=O) groups is 2. The van der Waals surface area contributed by atoms with Gasteiger partial charge in [-0.2, -0.15) is 0 Å². The lowest BCUT2D eigenvalue weighted by atomic mass is 10.1. The van der Waals surface area contributed by atoms with Crippen molar-refractivity contribution in [1.82, 2.24) is 5.01 Å². The zero-order valence-electron chi connectivity index (χ0n) is 10.1. The molecule has 1 aromatic carbocycles. The quantitative estimate of drug-likeness (QED) is 0.791. The summed E-state index contributed by atoms with van der Waals surface area (Å²) in [4.78, 5) is 22.4. The first kappa shape index (κ1) is 11.6. The van der Waals surface area contributed by atoms with Crippen LogP contribution in [0.1, 0.15) is 18.9 Å². The molecule has 0 saturated carbocycles. The molecule has 4 nitrogen and oxygen atoms in total. The van der Waals surface area contributed by atoms with Gasteiger partial charge in [-0.25, -0.2) is 0 Å². The number of hydrogen-bond donors (Lipinski definition) is 0. The largest absolute Gasteiger partial charge is 0.300 e. The molecule has 1 amide bonds. The van der Waals surface area contributed by atoms with Crippen molar-refractivity contribution in [2.24, 2.45) is 0 Å². The van der Waals surface area contributed by atoms with Crippen molar-refractivity contribution in [3.8, 4) is 0 Å². The van der Waals surface area contributed by atoms with Gasteiger partial charge < -0.3 is 0 Å². The Labute approximate surface area is 101 Å². The second kappa shape index (κ2) is 4.57. The molecule has 0 spiro atoms. The van der Waals surface area contributed by atoms with Gasteiger partial charge in [-0.1, -0.05) is 12.1 Å². The van der Waals surface area contributed by atoms with Crippen molar-refractivity contribution >= 4 is 17.4 Å². The van der Waals surface area contributed by atoms with Crippen molar-refractivity contribution in [2.75, 3.05) is 18.6 Å². The maximum Gasteiger partial charge on any atom is 0.242 e. The van der Waals surface area contributed by atoms with E-state index in [0.717, 1.165) is 17.8 Å². The maximum atomic E-state index is 11.4. The molecule has 2 rings (SSSR count). The van der Waals surface area contributed by atoms with Crippen LogP contribution in [0, 0.1) is 0 Å². The van der Waals surface area contributed by atoms with E-state index in [2.05, 4.69) is 0 Å². The molecular formula is C13H16N2O2. The molecule has 1 aromatic rings. The van der Waals surface area contributed by atoms with Gasteiger partial charge >= 0.3 is 0 Å². The van der Waals surface area contributed by atoms with Gasteiger partial charge in [-0.3, -0.25) is 19.6 Å². The van der Waals surface area contributed by atoms with Gasteiger partial charge in [0.1, 0.15) is 5.78 Å². The van der Waals surface area contributed by atoms with Crippen molar-refractivity contribution < 1.29 is 9.59 Å². The fourth-order valence-corrected chi connectivity index (χ4v) is 2.02. The highest BCUT2D eigenvalue weighted by molar-refractivity contribution is 5.81. The van der Waals surface area contributed by atoms with E-state index in [-0.39, 0.29) is 11.7 Å². The fourth-order valence-electron chi connectivity index (χ4n) is 2.02. The molecule has 0 atom stereocenters. The topological polar surface area (TPSA) is 40.6 Å². The van der Waals surface area contributed by atoms with Crippen molar-refractivity contribution in [3.63, 3.8) is 0 Å². The van der Waals surface area contributed by atoms with E-state index < -0.39 is 0 Å². The molecule has 0 radical (unpaired) electrons. The number of anilines is 1. The maximum absolute atomic E-state index is 11.4. The van der Waals surface area contributed by atoms with Gasteiger partial charge in [0.15, 0.2) is 0 Å². The summed E-state index contributed by atoms with van der Waals surface area (Å²) in [5.41, 5.74) is 2.00. The summed E-state index contributed by atoms with van der Waals surface area (Å²) >= 11 is 0. The highest BCUT2D eigenvalue weighted by Gasteiger charge is 2.25. The predicted molar refractivity (Wildman–Crippen MR) is 65.6 cm³/mol. The van der Waals surface area contributed by atoms with Crippen molar-refractivity contribution in [3.05, 3.63) is 29.8 Å². The smallest absolute Gasteiger partial charge is 0.242 e. The van der Waals surface area contributed by atoms with Gasteiger partial charge in [0.2, 0.25) is 5.91 Å². The number of hydrazine groups is 1. The molecule has 1 saturated heterocycles. The molecule has 1 heterocycles. The van der Waals surface area contributed by atoms with Gasteiger partial charge in [0.25, 0.3) is 0 Å². The summed E-state index contributed by atoms with van der Waals surface area (Å²) in [5, 5.41) is 3.58. The van der Waals surface area contributed by atoms with Crippen molar-refractivity contribution in [1.29, 1.82) is 0 Å². The summed E-state index contributed by atoms with van der Waals surface area (Å²) < 4.78 is 0. The number of benzene rings is 1. The van der Waals surface area contributed by atoms with Crippen LogP contribution in [-0.2, 0) is 16.0 Å². The number of Topliss-reactive ketones (excluding diaryl/α,β-unsaturated/α-hetero) is 1. The minimum Gasteiger partial charge on any atom is -0.300 e. The highest BCUT2D eigenvalue weighted by Crippen LogP contribution is 2.21. The molecular weight excluding hydrogens is 216 g/mol. The van der Waals surface area contributed by atoms with Crippen LogP contribution in [0.2, 0.25) is 0 Å². The fraction of sp³-hybridized carbons (Fsp3) is 0.385. The van der Waals surface area contributed by atoms with Crippen LogP contribution in [0.4, 0.5) is 5.69 Å². The lowest BCUT2D eigenvalue weighted by molar-refractivity contribution is -0.126. The minimum absolute atomic E-state index is 0.137. The number of ketones is 1. The zero-order valence-corrected chi connectivity index (χ0v) is 10.1. The molecule has 0 unspecified atom stereocenters. The molecule has 0 aromatic heterocycles. The highest BCUT2D eigenvalue weighted by atomic mass is 16.2. The monoisotopic (exact) mass is 232 g/mol. The second-order valence-electron chi connectivity index (χ2n) is 4.34. The van der Waals surface area contributed by atoms with Crippen LogP contribution in [0.5, 0.6) is 0 Å². The van der Waals surface area contributed by atoms with E-state index in [1.54, 1.807) is 19.0 Å². The van der Waals surface area contributed by atoms with Gasteiger partial charge in [-0.15, -0.1) is 0 Å². The number of hydrogen-bond acceptors (Lipinski definition) is 3. The molecule has 0 N–H and O–H groups in total. The number of nitrogens with zero attached hydrogens (tertiary/aromatic N) is 2. The van der Waals surface area contributed by atoms with E-state index in [1.165, 1.54) is 0 Å². The molecule has 90 valence electrons. The summed E-state index contributed by atoms with van der Waals surface area (Å²) in [7, 11) is 1.78. The Balaban J connectivity index is 2.13. The number of rotatable bonds is 3. The Morgan fingerprint density at radius 3 is 2.41 bits per heavy atom. The van der Waals surface area contributed by atoms with Crippen LogP contribution >= 0.6 is 0 Å². The third kappa shape index (κ3) is 2.46. The minimum atomic E-state index is 0.137. The van der Waals surface area contributed by atoms with Gasteiger partial charge in [0.05, 0.1) is 5.69 Å². The van der Waals surface area contributed by atoms with E-state index in [9.17, 15) is 9.59 Å². The van der Waals surface area contributed by atoms with E-state index >= 15 is 0 Å². The first-order valence-electron chi connectivity index (χ1n) is 5.70. The first-order chi connectivity index (χ1) is 8.08. The summed E-state index contributed by atoms with van der Waals surface area (Å²) in [5.74, 6) is 0.295. The van der Waals surface area contributed by atoms with Gasteiger partial charge in [-0.05, 0) is 24.6 Å². The molecule has 1 fully saturated rings. The normalized spacial score (nSPS) is 15.5. The van der Waals surface area contributed by atoms with Crippen LogP contribution in [-0.4, -0.2) is 30.3 Å². The van der Waals surface area contributed by atoms with Crippen LogP contribution in [0.15, 0.2) is 24.3 Å². The standard InChI is InChI=1S/C13H16N2O2/c1-10(16)9-11-3-5-12(6-4-11)15-8-7-13(17)14(15)2/h3-6H,7-9H2,1-2H3. The second-order valence-corrected chi connectivity index (χ2v) is 4.34. The first-order valence-corrected chi connectivity index (χ1v) is 5.70. The van der Waals surface area contributed by atoms with E-state index in [1.807, 2.05) is 29.3 Å². The molecule has 0 aliphatic carbocycles. The number of amides is 1. The zero-order chi connectivity index (χ0) is 12.4. The predicted octanol–water partition coefficient (Wildman–Crippen LogP) is 1.40. The van der Waals surface area contributed by atoms with E-state index in [4.69, 9.17) is 0 Å². The van der Waals surface area contributed by atoms with E-state index in [0.29, 0.717) is 12.8 Å². The molecule has 1 aliphatic rings. The Morgan fingerprint density at radius 1 is 1.29 bits per heavy atom. The lowest BCUT2D eigenvalue weighted by Gasteiger charge is -2.26. The Kier molecular flexibility index (Phi) is 3.13. The van der Waals surface area contributed by atoms with Crippen LogP contribution in [0.3, 0.4) is 0 Å². The van der Waals surface area contributed by atoms with Crippen LogP contribution in [0.25, 0.3) is 0 Å². The average molecular weight is 232 g/mol.